The summed E-state index contributed by atoms with van der Waals surface area (Å²) in [5.41, 5.74) is 7.39. The molecule has 1 aliphatic heterocycles. The first-order chi connectivity index (χ1) is 11.7. The third-order valence-corrected chi connectivity index (χ3v) is 4.65. The lowest BCUT2D eigenvalue weighted by Gasteiger charge is -2.34. The van der Waals surface area contributed by atoms with Gasteiger partial charge in [-0.3, -0.25) is 9.59 Å². The lowest BCUT2D eigenvalue weighted by Crippen LogP contribution is -2.46. The summed E-state index contributed by atoms with van der Waals surface area (Å²) in [6.45, 7) is 1.10. The van der Waals surface area contributed by atoms with Crippen molar-refractivity contribution < 1.29 is 9.59 Å². The highest BCUT2D eigenvalue weighted by Crippen LogP contribution is 2.29. The van der Waals surface area contributed by atoms with Crippen molar-refractivity contribution in [1.82, 2.24) is 4.90 Å². The van der Waals surface area contributed by atoms with Gasteiger partial charge >= 0.3 is 0 Å². The van der Waals surface area contributed by atoms with Gasteiger partial charge in [0.15, 0.2) is 0 Å². The third-order valence-electron chi connectivity index (χ3n) is 4.65. The van der Waals surface area contributed by atoms with Gasteiger partial charge in [0, 0.05) is 13.1 Å². The van der Waals surface area contributed by atoms with Crippen molar-refractivity contribution in [2.45, 2.75) is 18.8 Å². The van der Waals surface area contributed by atoms with Crippen molar-refractivity contribution in [3.63, 3.8) is 0 Å². The summed E-state index contributed by atoms with van der Waals surface area (Å²) in [6, 6.07) is 19.6. The Morgan fingerprint density at radius 3 is 2.00 bits per heavy atom. The predicted molar refractivity (Wildman–Crippen MR) is 93.2 cm³/mol. The number of likely N-dealkylation sites (tertiary alicyclic amines) is 1. The molecular weight excluding hydrogens is 300 g/mol. The van der Waals surface area contributed by atoms with E-state index in [1.165, 1.54) is 0 Å². The van der Waals surface area contributed by atoms with Crippen LogP contribution >= 0.6 is 0 Å². The molecule has 24 heavy (non-hydrogen) atoms. The van der Waals surface area contributed by atoms with E-state index >= 15 is 0 Å². The maximum atomic E-state index is 13.2. The van der Waals surface area contributed by atoms with Crippen molar-refractivity contribution in [3.8, 4) is 0 Å². The minimum atomic E-state index is -0.348. The molecule has 1 saturated heterocycles. The van der Waals surface area contributed by atoms with E-state index in [0.29, 0.717) is 13.1 Å². The smallest absolute Gasteiger partial charge is 0.234 e. The van der Waals surface area contributed by atoms with Gasteiger partial charge in [-0.1, -0.05) is 60.7 Å². The molecule has 2 aromatic rings. The van der Waals surface area contributed by atoms with E-state index < -0.39 is 0 Å². The van der Waals surface area contributed by atoms with Crippen LogP contribution < -0.4 is 5.73 Å². The van der Waals surface area contributed by atoms with Crippen molar-refractivity contribution in [2.75, 3.05) is 13.1 Å². The van der Waals surface area contributed by atoms with Crippen LogP contribution in [-0.4, -0.2) is 29.8 Å². The molecule has 0 saturated carbocycles. The zero-order valence-electron chi connectivity index (χ0n) is 13.6. The fourth-order valence-corrected chi connectivity index (χ4v) is 3.36. The largest absolute Gasteiger partial charge is 0.369 e. The van der Waals surface area contributed by atoms with Gasteiger partial charge in [0.05, 0.1) is 11.8 Å². The average molecular weight is 322 g/mol. The van der Waals surface area contributed by atoms with Gasteiger partial charge in [-0.2, -0.15) is 0 Å². The van der Waals surface area contributed by atoms with E-state index in [9.17, 15) is 9.59 Å². The Morgan fingerprint density at radius 1 is 0.958 bits per heavy atom. The second-order valence-corrected chi connectivity index (χ2v) is 6.28. The lowest BCUT2D eigenvalue weighted by atomic mass is 9.88. The molecule has 2 aromatic carbocycles. The summed E-state index contributed by atoms with van der Waals surface area (Å²) in [4.78, 5) is 26.6. The highest BCUT2D eigenvalue weighted by Gasteiger charge is 2.32. The highest BCUT2D eigenvalue weighted by molar-refractivity contribution is 5.88. The Kier molecular flexibility index (Phi) is 4.94. The van der Waals surface area contributed by atoms with E-state index in [2.05, 4.69) is 0 Å². The molecule has 2 N–H and O–H groups in total. The quantitative estimate of drug-likeness (QED) is 0.940. The lowest BCUT2D eigenvalue weighted by molar-refractivity contribution is -0.135. The van der Waals surface area contributed by atoms with Crippen LogP contribution in [0.25, 0.3) is 0 Å². The summed E-state index contributed by atoms with van der Waals surface area (Å²) in [5.74, 6) is -0.865. The fraction of sp³-hybridized carbons (Fsp3) is 0.300. The zero-order chi connectivity index (χ0) is 16.9. The van der Waals surface area contributed by atoms with E-state index in [0.717, 1.165) is 24.0 Å². The molecule has 2 amide bonds. The molecule has 0 bridgehead atoms. The maximum Gasteiger partial charge on any atom is 0.234 e. The van der Waals surface area contributed by atoms with Crippen molar-refractivity contribution in [3.05, 3.63) is 71.8 Å². The fourth-order valence-electron chi connectivity index (χ4n) is 3.36. The maximum absolute atomic E-state index is 13.2. The molecule has 0 unspecified atom stereocenters. The molecule has 1 aliphatic rings. The van der Waals surface area contributed by atoms with Crippen LogP contribution in [0.4, 0.5) is 0 Å². The summed E-state index contributed by atoms with van der Waals surface area (Å²) in [6.07, 6.45) is 1.58. The van der Waals surface area contributed by atoms with Crippen molar-refractivity contribution in [1.29, 1.82) is 0 Å². The number of amides is 2. The van der Waals surface area contributed by atoms with Crippen LogP contribution in [0.5, 0.6) is 0 Å². The minimum Gasteiger partial charge on any atom is -0.369 e. The number of nitrogens with zero attached hydrogens (tertiary/aromatic N) is 1. The average Bonchev–Trinajstić information content (AvgIpc) is 2.64. The molecule has 3 rings (SSSR count). The summed E-state index contributed by atoms with van der Waals surface area (Å²) in [5, 5.41) is 0. The van der Waals surface area contributed by atoms with Crippen LogP contribution in [0.2, 0.25) is 0 Å². The number of hydrogen-bond acceptors (Lipinski definition) is 2. The molecule has 1 fully saturated rings. The monoisotopic (exact) mass is 322 g/mol. The van der Waals surface area contributed by atoms with Crippen LogP contribution in [0.1, 0.15) is 29.9 Å². The van der Waals surface area contributed by atoms with Crippen LogP contribution in [0, 0.1) is 5.92 Å². The molecule has 0 aromatic heterocycles. The van der Waals surface area contributed by atoms with Gasteiger partial charge < -0.3 is 10.6 Å². The number of carbonyl (C=O) groups is 2. The van der Waals surface area contributed by atoms with Gasteiger partial charge in [-0.15, -0.1) is 0 Å². The number of nitrogens with two attached hydrogens (primary N) is 1. The number of piperidine rings is 1. The third kappa shape index (κ3) is 3.48. The van der Waals surface area contributed by atoms with Crippen LogP contribution in [0.15, 0.2) is 60.7 Å². The Morgan fingerprint density at radius 2 is 1.50 bits per heavy atom. The Bertz CT molecular complexity index is 661. The Labute approximate surface area is 142 Å². The standard InChI is InChI=1S/C20H22N2O2/c21-19(23)17-12-7-13-22(14-17)20(24)18(15-8-3-1-4-9-15)16-10-5-2-6-11-16/h1-6,8-11,17-18H,7,12-14H2,(H2,21,23)/t17-/m0/s1. The Balaban J connectivity index is 1.91. The highest BCUT2D eigenvalue weighted by atomic mass is 16.2. The summed E-state index contributed by atoms with van der Waals surface area (Å²) in [7, 11) is 0. The molecule has 0 radical (unpaired) electrons. The first-order valence-corrected chi connectivity index (χ1v) is 8.35. The van der Waals surface area contributed by atoms with E-state index in [-0.39, 0.29) is 23.7 Å². The molecule has 4 heteroatoms. The van der Waals surface area contributed by atoms with E-state index in [4.69, 9.17) is 5.73 Å². The normalized spacial score (nSPS) is 17.7. The number of primary amides is 1. The summed E-state index contributed by atoms with van der Waals surface area (Å²) >= 11 is 0. The predicted octanol–water partition coefficient (Wildman–Crippen LogP) is 2.54. The number of benzene rings is 2. The SMILES string of the molecule is NC(=O)[C@H]1CCCN(C(=O)C(c2ccccc2)c2ccccc2)C1. The molecule has 0 aliphatic carbocycles. The molecule has 1 atom stereocenters. The second kappa shape index (κ2) is 7.30. The van der Waals surface area contributed by atoms with Gasteiger partial charge in [0.1, 0.15) is 0 Å². The minimum absolute atomic E-state index is 0.0401. The van der Waals surface area contributed by atoms with Crippen LogP contribution in [0.3, 0.4) is 0 Å². The molecule has 4 nitrogen and oxygen atoms in total. The number of hydrogen-bond donors (Lipinski definition) is 1. The molecular formula is C20H22N2O2. The number of rotatable bonds is 4. The zero-order valence-corrected chi connectivity index (χ0v) is 13.6. The first-order valence-electron chi connectivity index (χ1n) is 8.35. The molecule has 1 heterocycles. The molecule has 124 valence electrons. The summed E-state index contributed by atoms with van der Waals surface area (Å²) < 4.78 is 0. The first kappa shape index (κ1) is 16.2. The second-order valence-electron chi connectivity index (χ2n) is 6.28. The Hall–Kier alpha value is -2.62. The van der Waals surface area contributed by atoms with Gasteiger partial charge in [-0.05, 0) is 24.0 Å². The number of carbonyl (C=O) groups excluding carboxylic acids is 2. The topological polar surface area (TPSA) is 63.4 Å². The molecule has 0 spiro atoms. The van der Waals surface area contributed by atoms with Crippen molar-refractivity contribution >= 4 is 11.8 Å². The van der Waals surface area contributed by atoms with Gasteiger partial charge in [0.25, 0.3) is 0 Å². The van der Waals surface area contributed by atoms with Gasteiger partial charge in [0.2, 0.25) is 11.8 Å². The van der Waals surface area contributed by atoms with Crippen molar-refractivity contribution in [2.24, 2.45) is 11.7 Å². The van der Waals surface area contributed by atoms with E-state index in [1.54, 1.807) is 4.90 Å². The van der Waals surface area contributed by atoms with E-state index in [1.807, 2.05) is 60.7 Å². The van der Waals surface area contributed by atoms with Gasteiger partial charge in [-0.25, -0.2) is 0 Å². The van der Waals surface area contributed by atoms with Crippen LogP contribution in [-0.2, 0) is 9.59 Å².